The zero-order valence-corrected chi connectivity index (χ0v) is 23.9. The van der Waals surface area contributed by atoms with Gasteiger partial charge in [-0.15, -0.1) is 0 Å². The van der Waals surface area contributed by atoms with Gasteiger partial charge in [0.1, 0.15) is 11.7 Å². The summed E-state index contributed by atoms with van der Waals surface area (Å²) in [6, 6.07) is 10.0. The van der Waals surface area contributed by atoms with Crippen LogP contribution in [0.1, 0.15) is 74.4 Å². The van der Waals surface area contributed by atoms with Crippen molar-refractivity contribution in [1.29, 1.82) is 0 Å². The van der Waals surface area contributed by atoms with E-state index in [0.29, 0.717) is 29.8 Å². The van der Waals surface area contributed by atoms with Gasteiger partial charge in [-0.1, -0.05) is 6.07 Å². The molecule has 5 atom stereocenters. The molecule has 41 heavy (non-hydrogen) atoms. The summed E-state index contributed by atoms with van der Waals surface area (Å²) in [6.45, 7) is 7.28. The van der Waals surface area contributed by atoms with E-state index >= 15 is 0 Å². The molecule has 0 aromatic heterocycles. The highest BCUT2D eigenvalue weighted by molar-refractivity contribution is 5.95. The monoisotopic (exact) mass is 561 g/mol. The summed E-state index contributed by atoms with van der Waals surface area (Å²) in [7, 11) is 0. The molecular formula is C32H39N3O6. The average Bonchev–Trinajstić information content (AvgIpc) is 3.64. The second-order valence-corrected chi connectivity index (χ2v) is 13.6. The van der Waals surface area contributed by atoms with Crippen molar-refractivity contribution in [3.63, 3.8) is 0 Å². The second-order valence-electron chi connectivity index (χ2n) is 13.6. The average molecular weight is 562 g/mol. The number of hydrogen-bond acceptors (Lipinski definition) is 7. The fourth-order valence-corrected chi connectivity index (χ4v) is 8.01. The van der Waals surface area contributed by atoms with Gasteiger partial charge in [0.15, 0.2) is 11.5 Å². The number of phenols is 1. The Bertz CT molecular complexity index is 1400. The predicted octanol–water partition coefficient (Wildman–Crippen LogP) is 4.10. The number of benzene rings is 2. The van der Waals surface area contributed by atoms with Crippen LogP contribution < -0.4 is 15.4 Å². The Hall–Kier alpha value is -3.30. The van der Waals surface area contributed by atoms with Gasteiger partial charge in [-0.3, -0.25) is 15.0 Å². The molecule has 1 spiro atoms. The summed E-state index contributed by atoms with van der Waals surface area (Å²) in [6.07, 6.45) is 4.08. The fourth-order valence-electron chi connectivity index (χ4n) is 8.01. The number of hydrogen-bond donors (Lipinski definition) is 4. The number of likely N-dealkylation sites (tertiary alicyclic amines) is 1. The van der Waals surface area contributed by atoms with E-state index < -0.39 is 28.8 Å². The first-order valence-electron chi connectivity index (χ1n) is 14.9. The summed E-state index contributed by atoms with van der Waals surface area (Å²) in [5.41, 5.74) is 0.781. The van der Waals surface area contributed by atoms with Gasteiger partial charge in [0, 0.05) is 29.4 Å². The lowest BCUT2D eigenvalue weighted by Crippen LogP contribution is -2.78. The van der Waals surface area contributed by atoms with Crippen LogP contribution in [0.3, 0.4) is 0 Å². The van der Waals surface area contributed by atoms with Gasteiger partial charge >= 0.3 is 6.09 Å². The molecule has 4 N–H and O–H groups in total. The normalized spacial score (nSPS) is 31.6. The molecule has 2 aliphatic heterocycles. The van der Waals surface area contributed by atoms with Crippen LogP contribution in [-0.2, 0) is 16.6 Å². The lowest BCUT2D eigenvalue weighted by Gasteiger charge is -2.64. The Morgan fingerprint density at radius 2 is 1.85 bits per heavy atom. The number of ether oxygens (including phenoxy) is 2. The van der Waals surface area contributed by atoms with Crippen molar-refractivity contribution in [2.24, 2.45) is 5.92 Å². The summed E-state index contributed by atoms with van der Waals surface area (Å²) >= 11 is 0. The van der Waals surface area contributed by atoms with E-state index in [4.69, 9.17) is 9.47 Å². The van der Waals surface area contributed by atoms with E-state index in [9.17, 15) is 19.8 Å². The lowest BCUT2D eigenvalue weighted by molar-refractivity contribution is -0.191. The number of anilines is 1. The third kappa shape index (κ3) is 4.19. The van der Waals surface area contributed by atoms with Gasteiger partial charge in [0.2, 0.25) is 0 Å². The topological polar surface area (TPSA) is 120 Å². The van der Waals surface area contributed by atoms with Crippen LogP contribution in [0.4, 0.5) is 10.5 Å². The molecule has 3 aliphatic carbocycles. The number of amides is 2. The number of piperidine rings is 1. The lowest BCUT2D eigenvalue weighted by atomic mass is 9.48. The Morgan fingerprint density at radius 1 is 1.10 bits per heavy atom. The SMILES string of the molecule is CC(C)(C)OC(=O)Nc1ccc(C(=O)N[C@@H]2CC[C@@]3(O)[C@H]4Cc5ccc(O)c6c5[C@@]3(CCN4CC3CC3)[C@H]2O6)cc1. The number of carbonyl (C=O) groups is 2. The molecule has 218 valence electrons. The highest BCUT2D eigenvalue weighted by Crippen LogP contribution is 2.65. The smallest absolute Gasteiger partial charge is 0.412 e. The van der Waals surface area contributed by atoms with Crippen LogP contribution in [0.15, 0.2) is 36.4 Å². The fraction of sp³-hybridized carbons (Fsp3) is 0.562. The van der Waals surface area contributed by atoms with E-state index in [0.717, 1.165) is 43.0 Å². The van der Waals surface area contributed by atoms with Crippen molar-refractivity contribution in [3.8, 4) is 11.5 Å². The molecule has 9 heteroatoms. The minimum absolute atomic E-state index is 0.00684. The number of aromatic hydroxyl groups is 1. The van der Waals surface area contributed by atoms with Crippen molar-refractivity contribution in [3.05, 3.63) is 53.1 Å². The van der Waals surface area contributed by atoms with Crippen LogP contribution in [0.5, 0.6) is 11.5 Å². The highest BCUT2D eigenvalue weighted by atomic mass is 16.6. The molecule has 2 aromatic carbocycles. The van der Waals surface area contributed by atoms with Crippen molar-refractivity contribution >= 4 is 17.7 Å². The summed E-state index contributed by atoms with van der Waals surface area (Å²) in [5, 5.41) is 29.3. The summed E-state index contributed by atoms with van der Waals surface area (Å²) < 4.78 is 11.9. The van der Waals surface area contributed by atoms with E-state index in [-0.39, 0.29) is 23.7 Å². The van der Waals surface area contributed by atoms with Crippen LogP contribution in [0.25, 0.3) is 0 Å². The minimum atomic E-state index is -0.993. The molecule has 5 aliphatic rings. The molecule has 3 fully saturated rings. The Balaban J connectivity index is 1.14. The van der Waals surface area contributed by atoms with Crippen molar-refractivity contribution in [2.75, 3.05) is 18.4 Å². The molecule has 2 heterocycles. The third-order valence-electron chi connectivity index (χ3n) is 9.87. The molecule has 9 nitrogen and oxygen atoms in total. The zero-order chi connectivity index (χ0) is 28.7. The number of phenolic OH excluding ortho intramolecular Hbond substituents is 1. The molecule has 2 bridgehead atoms. The van der Waals surface area contributed by atoms with E-state index in [1.54, 1.807) is 51.1 Å². The highest BCUT2D eigenvalue weighted by Gasteiger charge is 2.73. The first-order chi connectivity index (χ1) is 19.5. The van der Waals surface area contributed by atoms with Crippen LogP contribution in [-0.4, -0.2) is 69.6 Å². The molecule has 2 amide bonds. The first kappa shape index (κ1) is 26.6. The number of nitrogens with zero attached hydrogens (tertiary/aromatic N) is 1. The molecule has 7 rings (SSSR count). The van der Waals surface area contributed by atoms with E-state index in [1.807, 2.05) is 6.07 Å². The first-order valence-corrected chi connectivity index (χ1v) is 14.9. The van der Waals surface area contributed by atoms with Crippen molar-refractivity contribution < 1.29 is 29.3 Å². The Kier molecular flexibility index (Phi) is 5.90. The Morgan fingerprint density at radius 3 is 2.56 bits per heavy atom. The number of aliphatic hydroxyl groups is 1. The van der Waals surface area contributed by atoms with Crippen LogP contribution in [0.2, 0.25) is 0 Å². The maximum absolute atomic E-state index is 13.5. The molecule has 2 saturated carbocycles. The van der Waals surface area contributed by atoms with Gasteiger partial charge in [0.25, 0.3) is 5.91 Å². The molecule has 0 unspecified atom stereocenters. The third-order valence-corrected chi connectivity index (χ3v) is 9.87. The summed E-state index contributed by atoms with van der Waals surface area (Å²) in [5.74, 6) is 1.04. The zero-order valence-electron chi connectivity index (χ0n) is 23.9. The summed E-state index contributed by atoms with van der Waals surface area (Å²) in [4.78, 5) is 28.1. The number of carbonyl (C=O) groups excluding carboxylic acids is 2. The van der Waals surface area contributed by atoms with Gasteiger partial charge in [0.05, 0.1) is 17.1 Å². The van der Waals surface area contributed by atoms with Crippen LogP contribution >= 0.6 is 0 Å². The molecular weight excluding hydrogens is 522 g/mol. The van der Waals surface area contributed by atoms with E-state index in [1.165, 1.54) is 12.8 Å². The minimum Gasteiger partial charge on any atom is -0.504 e. The second kappa shape index (κ2) is 9.10. The maximum atomic E-state index is 13.5. The number of rotatable bonds is 5. The van der Waals surface area contributed by atoms with Crippen LogP contribution in [0, 0.1) is 5.92 Å². The maximum Gasteiger partial charge on any atom is 0.412 e. The predicted molar refractivity (Wildman–Crippen MR) is 152 cm³/mol. The number of nitrogens with one attached hydrogen (secondary N) is 2. The molecule has 0 radical (unpaired) electrons. The van der Waals surface area contributed by atoms with Crippen molar-refractivity contribution in [2.45, 2.75) is 94.1 Å². The van der Waals surface area contributed by atoms with E-state index in [2.05, 4.69) is 15.5 Å². The van der Waals surface area contributed by atoms with Gasteiger partial charge in [-0.05, 0) is 108 Å². The standard InChI is InChI=1S/C32H39N3O6/c1-30(2,3)41-29(38)33-21-9-6-19(7-10-21)28(37)34-22-12-13-32(39)24-16-20-8-11-23(36)26-25(20)31(32,27(22)40-26)14-15-35(24)17-18-4-5-18/h6-11,18,22,24,27,36,39H,4-5,12-17H2,1-3H3,(H,33,38)(H,34,37)/t22-,24-,27+,31+,32-/m1/s1. The largest absolute Gasteiger partial charge is 0.504 e. The van der Waals surface area contributed by atoms with Gasteiger partial charge in [-0.25, -0.2) is 4.79 Å². The van der Waals surface area contributed by atoms with Gasteiger partial charge in [-0.2, -0.15) is 0 Å². The quantitative estimate of drug-likeness (QED) is 0.434. The van der Waals surface area contributed by atoms with Crippen molar-refractivity contribution in [1.82, 2.24) is 10.2 Å². The molecule has 2 aromatic rings. The Labute approximate surface area is 240 Å². The van der Waals surface area contributed by atoms with Gasteiger partial charge < -0.3 is 25.0 Å². The molecule has 1 saturated heterocycles.